The summed E-state index contributed by atoms with van der Waals surface area (Å²) in [7, 11) is -3.57. The van der Waals surface area contributed by atoms with Crippen LogP contribution in [-0.2, 0) is 9.84 Å². The Hall–Kier alpha value is -3.16. The van der Waals surface area contributed by atoms with Gasteiger partial charge in [-0.15, -0.1) is 0 Å². The molecular weight excluding hydrogens is 410 g/mol. The van der Waals surface area contributed by atoms with Gasteiger partial charge in [-0.25, -0.2) is 13.4 Å². The number of hydrogen-bond acceptors (Lipinski definition) is 4. The van der Waals surface area contributed by atoms with Gasteiger partial charge in [-0.3, -0.25) is 14.7 Å². The normalized spacial score (nSPS) is 11.5. The number of rotatable bonds is 4. The number of sulfone groups is 1. The van der Waals surface area contributed by atoms with E-state index in [1.807, 2.05) is 59.2 Å². The van der Waals surface area contributed by atoms with Crippen LogP contribution in [-0.4, -0.2) is 30.1 Å². The Morgan fingerprint density at radius 3 is 2.41 bits per heavy atom. The quantitative estimate of drug-likeness (QED) is 0.527. The second-order valence-corrected chi connectivity index (χ2v) is 8.86. The van der Waals surface area contributed by atoms with Crippen molar-refractivity contribution in [2.45, 2.75) is 4.90 Å². The number of amides is 1. The zero-order valence-electron chi connectivity index (χ0n) is 15.3. The van der Waals surface area contributed by atoms with Crippen LogP contribution in [0.2, 0.25) is 5.02 Å². The number of nitrogens with zero attached hydrogens (tertiary/aromatic N) is 2. The van der Waals surface area contributed by atoms with Gasteiger partial charge in [0, 0.05) is 17.5 Å². The maximum atomic E-state index is 12.9. The minimum atomic E-state index is -3.57. The molecule has 4 rings (SSSR count). The zero-order chi connectivity index (χ0) is 20.6. The highest BCUT2D eigenvalue weighted by Crippen LogP contribution is 2.26. The number of para-hydroxylation sites is 3. The number of carbonyl (C=O) groups is 1. The molecule has 0 saturated carbocycles. The molecular formula is C21H16ClN3O3S. The van der Waals surface area contributed by atoms with Crippen molar-refractivity contribution in [2.75, 3.05) is 11.6 Å². The Labute approximate surface area is 172 Å². The first-order chi connectivity index (χ1) is 13.8. The third-order valence-electron chi connectivity index (χ3n) is 4.39. The monoisotopic (exact) mass is 425 g/mol. The predicted octanol–water partition coefficient (Wildman–Crippen LogP) is 4.33. The van der Waals surface area contributed by atoms with E-state index in [4.69, 9.17) is 11.6 Å². The first-order valence-corrected chi connectivity index (χ1v) is 11.0. The molecule has 1 heterocycles. The van der Waals surface area contributed by atoms with Crippen molar-refractivity contribution in [2.24, 2.45) is 0 Å². The predicted molar refractivity (Wildman–Crippen MR) is 114 cm³/mol. The van der Waals surface area contributed by atoms with Crippen LogP contribution in [0.1, 0.15) is 10.4 Å². The third kappa shape index (κ3) is 3.74. The lowest BCUT2D eigenvalue weighted by atomic mass is 10.2. The number of nitrogens with one attached hydrogen (secondary N) is 1. The number of fused-ring (bicyclic) bond motifs is 1. The highest BCUT2D eigenvalue weighted by Gasteiger charge is 2.19. The van der Waals surface area contributed by atoms with E-state index in [1.165, 1.54) is 18.2 Å². The topological polar surface area (TPSA) is 81.1 Å². The molecule has 0 saturated heterocycles. The molecule has 0 aliphatic rings. The fraction of sp³-hybridized carbons (Fsp3) is 0.0476. The molecule has 0 fully saturated rings. The second-order valence-electron chi connectivity index (χ2n) is 6.47. The number of anilines is 1. The molecule has 29 heavy (non-hydrogen) atoms. The van der Waals surface area contributed by atoms with Crippen LogP contribution in [0.4, 0.5) is 5.95 Å². The maximum Gasteiger partial charge on any atom is 0.258 e. The van der Waals surface area contributed by atoms with E-state index in [1.54, 1.807) is 0 Å². The van der Waals surface area contributed by atoms with Gasteiger partial charge in [0.05, 0.1) is 21.0 Å². The van der Waals surface area contributed by atoms with Crippen molar-refractivity contribution < 1.29 is 13.2 Å². The van der Waals surface area contributed by atoms with Crippen LogP contribution in [0, 0.1) is 0 Å². The number of carbonyl (C=O) groups excluding carboxylic acids is 1. The smallest absolute Gasteiger partial charge is 0.258 e. The molecule has 0 spiro atoms. The number of benzene rings is 3. The average Bonchev–Trinajstić information content (AvgIpc) is 3.05. The Bertz CT molecular complexity index is 1330. The molecule has 1 N–H and O–H groups in total. The lowest BCUT2D eigenvalue weighted by Gasteiger charge is -2.11. The number of imidazole rings is 1. The Morgan fingerprint density at radius 1 is 1.00 bits per heavy atom. The summed E-state index contributed by atoms with van der Waals surface area (Å²) in [5.41, 5.74) is 2.56. The van der Waals surface area contributed by atoms with Crippen molar-refractivity contribution in [3.05, 3.63) is 83.4 Å². The van der Waals surface area contributed by atoms with Crippen LogP contribution in [0.5, 0.6) is 0 Å². The Balaban J connectivity index is 1.78. The van der Waals surface area contributed by atoms with Crippen molar-refractivity contribution in [3.8, 4) is 5.69 Å². The van der Waals surface area contributed by atoms with Crippen LogP contribution in [0.25, 0.3) is 16.7 Å². The number of aromatic nitrogens is 2. The molecule has 0 radical (unpaired) electrons. The molecule has 8 heteroatoms. The zero-order valence-corrected chi connectivity index (χ0v) is 16.9. The number of hydrogen-bond donors (Lipinski definition) is 1. The molecule has 4 aromatic rings. The van der Waals surface area contributed by atoms with Gasteiger partial charge in [-0.1, -0.05) is 41.9 Å². The van der Waals surface area contributed by atoms with E-state index >= 15 is 0 Å². The molecule has 3 aromatic carbocycles. The fourth-order valence-electron chi connectivity index (χ4n) is 3.05. The Kier molecular flexibility index (Phi) is 4.86. The molecule has 1 aromatic heterocycles. The lowest BCUT2D eigenvalue weighted by Crippen LogP contribution is -2.16. The van der Waals surface area contributed by atoms with Crippen molar-refractivity contribution in [1.29, 1.82) is 0 Å². The highest BCUT2D eigenvalue weighted by molar-refractivity contribution is 7.90. The minimum absolute atomic E-state index is 0.0700. The maximum absolute atomic E-state index is 12.9. The van der Waals surface area contributed by atoms with Gasteiger partial charge in [-0.05, 0) is 42.5 Å². The van der Waals surface area contributed by atoms with Gasteiger partial charge in [0.2, 0.25) is 5.95 Å². The second kappa shape index (κ2) is 7.35. The summed E-state index contributed by atoms with van der Waals surface area (Å²) in [6.07, 6.45) is 1.05. The van der Waals surface area contributed by atoms with Gasteiger partial charge in [0.25, 0.3) is 5.91 Å². The van der Waals surface area contributed by atoms with Gasteiger partial charge in [-0.2, -0.15) is 0 Å². The highest BCUT2D eigenvalue weighted by atomic mass is 35.5. The van der Waals surface area contributed by atoms with Crippen LogP contribution in [0.3, 0.4) is 0 Å². The van der Waals surface area contributed by atoms with E-state index in [0.29, 0.717) is 5.95 Å². The first kappa shape index (κ1) is 19.2. The van der Waals surface area contributed by atoms with Gasteiger partial charge < -0.3 is 0 Å². The van der Waals surface area contributed by atoms with Crippen LogP contribution < -0.4 is 5.32 Å². The molecule has 0 aliphatic heterocycles. The van der Waals surface area contributed by atoms with Gasteiger partial charge in [0.1, 0.15) is 0 Å². The lowest BCUT2D eigenvalue weighted by molar-refractivity contribution is 0.102. The van der Waals surface area contributed by atoms with Crippen molar-refractivity contribution in [1.82, 2.24) is 9.55 Å². The Morgan fingerprint density at radius 2 is 1.69 bits per heavy atom. The van der Waals surface area contributed by atoms with E-state index < -0.39 is 15.7 Å². The summed E-state index contributed by atoms with van der Waals surface area (Å²) in [4.78, 5) is 17.3. The molecule has 1 amide bonds. The molecule has 6 nitrogen and oxygen atoms in total. The summed E-state index contributed by atoms with van der Waals surface area (Å²) in [5.74, 6) is -0.155. The number of halogens is 1. The largest absolute Gasteiger partial charge is 0.292 e. The van der Waals surface area contributed by atoms with Gasteiger partial charge >= 0.3 is 0 Å². The van der Waals surface area contributed by atoms with Crippen LogP contribution in [0.15, 0.2) is 77.7 Å². The van der Waals surface area contributed by atoms with Crippen LogP contribution >= 0.6 is 11.6 Å². The first-order valence-electron chi connectivity index (χ1n) is 8.68. The summed E-state index contributed by atoms with van der Waals surface area (Å²) < 4.78 is 25.7. The summed E-state index contributed by atoms with van der Waals surface area (Å²) in [5, 5.41) is 2.86. The molecule has 0 aliphatic carbocycles. The van der Waals surface area contributed by atoms with E-state index in [9.17, 15) is 13.2 Å². The van der Waals surface area contributed by atoms with Crippen molar-refractivity contribution in [3.63, 3.8) is 0 Å². The third-order valence-corrected chi connectivity index (χ3v) is 5.97. The summed E-state index contributed by atoms with van der Waals surface area (Å²) in [6.45, 7) is 0. The average molecular weight is 426 g/mol. The van der Waals surface area contributed by atoms with E-state index in [2.05, 4.69) is 10.3 Å². The standard InChI is InChI=1S/C21H16ClN3O3S/c1-29(27,28)19-13-14(11-12-16(19)22)20(26)24-21-23-17-9-5-6-10-18(17)25(21)15-7-3-2-4-8-15/h2-13H,1H3,(H,23,24,26). The summed E-state index contributed by atoms with van der Waals surface area (Å²) in [6, 6.07) is 21.2. The van der Waals surface area contributed by atoms with Gasteiger partial charge in [0.15, 0.2) is 9.84 Å². The van der Waals surface area contributed by atoms with Crippen molar-refractivity contribution >= 4 is 44.3 Å². The van der Waals surface area contributed by atoms with E-state index in [0.717, 1.165) is 23.0 Å². The summed E-state index contributed by atoms with van der Waals surface area (Å²) >= 11 is 5.98. The minimum Gasteiger partial charge on any atom is -0.292 e. The molecule has 0 bridgehead atoms. The molecule has 146 valence electrons. The molecule has 0 unspecified atom stereocenters. The molecule has 0 atom stereocenters. The van der Waals surface area contributed by atoms with E-state index in [-0.39, 0.29) is 15.5 Å². The SMILES string of the molecule is CS(=O)(=O)c1cc(C(=O)Nc2nc3ccccc3n2-c2ccccc2)ccc1Cl. The fourth-order valence-corrected chi connectivity index (χ4v) is 4.35.